The molecule has 0 fully saturated rings. The average molecular weight is 583 g/mol. The summed E-state index contributed by atoms with van der Waals surface area (Å²) in [4.78, 5) is 46.3. The van der Waals surface area contributed by atoms with E-state index in [0.717, 1.165) is 22.0 Å². The van der Waals surface area contributed by atoms with Gasteiger partial charge in [0.1, 0.15) is 5.82 Å². The first-order valence-electron chi connectivity index (χ1n) is 14.2. The van der Waals surface area contributed by atoms with Crippen LogP contribution < -0.4 is 10.2 Å². The second-order valence-corrected chi connectivity index (χ2v) is 11.3. The van der Waals surface area contributed by atoms with Gasteiger partial charge in [0.15, 0.2) is 0 Å². The van der Waals surface area contributed by atoms with E-state index >= 15 is 0 Å². The molecule has 0 saturated carbocycles. The first kappa shape index (κ1) is 29.6. The SMILES string of the molecule is CCOC(=O)C1=CN(C(=O)c2ccc(F)cc2)CC(C)(C)c2c1[nH]c1cc(N(C)C(=O)N[C@@H](C)c3ccccc3)ccc21. The monoisotopic (exact) mass is 582 g/mol. The van der Waals surface area contributed by atoms with E-state index in [1.54, 1.807) is 18.9 Å². The van der Waals surface area contributed by atoms with Crippen LogP contribution in [0.5, 0.6) is 0 Å². The smallest absolute Gasteiger partial charge is 0.341 e. The largest absolute Gasteiger partial charge is 0.462 e. The Morgan fingerprint density at radius 1 is 1.07 bits per heavy atom. The summed E-state index contributed by atoms with van der Waals surface area (Å²) in [6.45, 7) is 8.08. The predicted molar refractivity (Wildman–Crippen MR) is 165 cm³/mol. The molecule has 222 valence electrons. The van der Waals surface area contributed by atoms with Crippen LogP contribution >= 0.6 is 0 Å². The van der Waals surface area contributed by atoms with E-state index in [1.165, 1.54) is 35.4 Å². The molecule has 0 radical (unpaired) electrons. The minimum atomic E-state index is -0.607. The number of esters is 1. The van der Waals surface area contributed by atoms with Crippen molar-refractivity contribution in [1.82, 2.24) is 15.2 Å². The van der Waals surface area contributed by atoms with E-state index in [0.29, 0.717) is 16.9 Å². The summed E-state index contributed by atoms with van der Waals surface area (Å²) in [5, 5.41) is 3.89. The van der Waals surface area contributed by atoms with Gasteiger partial charge in [-0.25, -0.2) is 14.0 Å². The lowest BCUT2D eigenvalue weighted by molar-refractivity contribution is -0.136. The number of amides is 3. The maximum Gasteiger partial charge on any atom is 0.341 e. The lowest BCUT2D eigenvalue weighted by Crippen LogP contribution is -2.38. The number of anilines is 1. The van der Waals surface area contributed by atoms with Crippen LogP contribution in [0, 0.1) is 5.82 Å². The molecule has 4 aromatic rings. The van der Waals surface area contributed by atoms with Gasteiger partial charge in [-0.2, -0.15) is 0 Å². The first-order valence-corrected chi connectivity index (χ1v) is 14.2. The number of rotatable bonds is 6. The van der Waals surface area contributed by atoms with Gasteiger partial charge in [0.05, 0.1) is 23.9 Å². The van der Waals surface area contributed by atoms with Gasteiger partial charge in [-0.3, -0.25) is 9.69 Å². The Bertz CT molecular complexity index is 1710. The highest BCUT2D eigenvalue weighted by molar-refractivity contribution is 6.18. The summed E-state index contributed by atoms with van der Waals surface area (Å²) in [6.07, 6.45) is 1.51. The zero-order valence-corrected chi connectivity index (χ0v) is 24.9. The molecule has 1 aliphatic rings. The second kappa shape index (κ2) is 11.8. The molecule has 5 rings (SSSR count). The normalized spacial score (nSPS) is 14.7. The van der Waals surface area contributed by atoms with Gasteiger partial charge in [-0.05, 0) is 61.4 Å². The standard InChI is InChI=1S/C34H35FN4O4/c1-6-43-32(41)27-19-39(31(40)23-12-14-24(35)15-13-23)20-34(3,4)29-26-17-16-25(18-28(26)37-30(27)29)38(5)33(42)36-21(2)22-10-8-7-9-11-22/h7-19,21,37H,6,20H2,1-5H3,(H,36,42)/t21-/m0/s1. The van der Waals surface area contributed by atoms with Crippen LogP contribution in [0.2, 0.25) is 0 Å². The van der Waals surface area contributed by atoms with Crippen LogP contribution in [-0.4, -0.2) is 48.0 Å². The van der Waals surface area contributed by atoms with Crippen LogP contribution in [0.1, 0.15) is 60.9 Å². The molecule has 0 bridgehead atoms. The second-order valence-electron chi connectivity index (χ2n) is 11.3. The third kappa shape index (κ3) is 5.88. The third-order valence-electron chi connectivity index (χ3n) is 7.76. The van der Waals surface area contributed by atoms with Gasteiger partial charge in [0, 0.05) is 47.4 Å². The van der Waals surface area contributed by atoms with E-state index in [4.69, 9.17) is 4.74 Å². The third-order valence-corrected chi connectivity index (χ3v) is 7.76. The van der Waals surface area contributed by atoms with E-state index in [-0.39, 0.29) is 36.7 Å². The molecule has 1 aliphatic heterocycles. The number of carbonyl (C=O) groups is 3. The molecule has 3 amide bonds. The van der Waals surface area contributed by atoms with Gasteiger partial charge < -0.3 is 19.9 Å². The number of halogens is 1. The predicted octanol–water partition coefficient (Wildman–Crippen LogP) is 6.55. The summed E-state index contributed by atoms with van der Waals surface area (Å²) in [5.41, 5.74) is 3.71. The first-order chi connectivity index (χ1) is 20.5. The number of aromatic amines is 1. The minimum absolute atomic E-state index is 0.159. The molecule has 43 heavy (non-hydrogen) atoms. The number of H-pyrrole nitrogens is 1. The zero-order valence-electron chi connectivity index (χ0n) is 24.9. The molecule has 3 aromatic carbocycles. The van der Waals surface area contributed by atoms with E-state index < -0.39 is 17.2 Å². The van der Waals surface area contributed by atoms with Crippen LogP contribution in [0.3, 0.4) is 0 Å². The Balaban J connectivity index is 1.52. The van der Waals surface area contributed by atoms with Crippen molar-refractivity contribution in [3.8, 4) is 0 Å². The fourth-order valence-electron chi connectivity index (χ4n) is 5.55. The lowest BCUT2D eigenvalue weighted by Gasteiger charge is -2.29. The number of nitrogens with zero attached hydrogens (tertiary/aromatic N) is 2. The fourth-order valence-corrected chi connectivity index (χ4v) is 5.55. The maximum absolute atomic E-state index is 13.5. The Labute approximate surface area is 250 Å². The quantitative estimate of drug-likeness (QED) is 0.252. The van der Waals surface area contributed by atoms with Crippen molar-refractivity contribution in [2.24, 2.45) is 0 Å². The lowest BCUT2D eigenvalue weighted by atomic mass is 9.81. The number of aromatic nitrogens is 1. The molecule has 0 saturated heterocycles. The number of ether oxygens (including phenoxy) is 1. The molecular formula is C34H35FN4O4. The minimum Gasteiger partial charge on any atom is -0.462 e. The van der Waals surface area contributed by atoms with E-state index in [1.807, 2.05) is 69.3 Å². The molecular weight excluding hydrogens is 547 g/mol. The summed E-state index contributed by atoms with van der Waals surface area (Å²) < 4.78 is 18.9. The van der Waals surface area contributed by atoms with Crippen molar-refractivity contribution < 1.29 is 23.5 Å². The van der Waals surface area contributed by atoms with Crippen molar-refractivity contribution in [2.45, 2.75) is 39.2 Å². The Morgan fingerprint density at radius 3 is 2.44 bits per heavy atom. The molecule has 9 heteroatoms. The zero-order chi connectivity index (χ0) is 30.9. The summed E-state index contributed by atoms with van der Waals surface area (Å²) >= 11 is 0. The molecule has 2 N–H and O–H groups in total. The molecule has 8 nitrogen and oxygen atoms in total. The highest BCUT2D eigenvalue weighted by Gasteiger charge is 2.37. The highest BCUT2D eigenvalue weighted by Crippen LogP contribution is 2.41. The number of nitrogens with one attached hydrogen (secondary N) is 2. The van der Waals surface area contributed by atoms with E-state index in [2.05, 4.69) is 10.3 Å². The topological polar surface area (TPSA) is 94.7 Å². The molecule has 2 heterocycles. The van der Waals surface area contributed by atoms with Crippen LogP contribution in [0.25, 0.3) is 16.5 Å². The van der Waals surface area contributed by atoms with Crippen LogP contribution in [0.15, 0.2) is 79.0 Å². The number of urea groups is 1. The number of carbonyl (C=O) groups excluding carboxylic acids is 3. The molecule has 0 unspecified atom stereocenters. The van der Waals surface area contributed by atoms with Gasteiger partial charge >= 0.3 is 12.0 Å². The van der Waals surface area contributed by atoms with E-state index in [9.17, 15) is 18.8 Å². The summed E-state index contributed by atoms with van der Waals surface area (Å²) in [7, 11) is 1.70. The van der Waals surface area contributed by atoms with Gasteiger partial charge in [0.2, 0.25) is 0 Å². The Morgan fingerprint density at radius 2 is 1.77 bits per heavy atom. The fraction of sp³-hybridized carbons (Fsp3) is 0.265. The molecule has 1 atom stereocenters. The Hall–Kier alpha value is -4.92. The molecule has 0 aliphatic carbocycles. The van der Waals surface area contributed by atoms with Gasteiger partial charge in [0.25, 0.3) is 5.91 Å². The number of hydrogen-bond donors (Lipinski definition) is 2. The van der Waals surface area contributed by atoms with Gasteiger partial charge in [-0.1, -0.05) is 50.2 Å². The maximum atomic E-state index is 13.5. The van der Waals surface area contributed by atoms with Crippen molar-refractivity contribution in [3.63, 3.8) is 0 Å². The summed E-state index contributed by atoms with van der Waals surface area (Å²) in [5.74, 6) is -1.37. The highest BCUT2D eigenvalue weighted by atomic mass is 19.1. The summed E-state index contributed by atoms with van der Waals surface area (Å²) in [6, 6.07) is 20.3. The number of fused-ring (bicyclic) bond motifs is 3. The van der Waals surface area contributed by atoms with Crippen LogP contribution in [0.4, 0.5) is 14.9 Å². The van der Waals surface area contributed by atoms with Crippen molar-refractivity contribution in [2.75, 3.05) is 25.1 Å². The Kier molecular flexibility index (Phi) is 8.08. The van der Waals surface area contributed by atoms with Crippen molar-refractivity contribution in [3.05, 3.63) is 107 Å². The average Bonchev–Trinajstić information content (AvgIpc) is 3.33. The van der Waals surface area contributed by atoms with Crippen molar-refractivity contribution in [1.29, 1.82) is 0 Å². The number of benzene rings is 3. The molecule has 0 spiro atoms. The van der Waals surface area contributed by atoms with Crippen molar-refractivity contribution >= 4 is 40.1 Å². The number of hydrogen-bond acceptors (Lipinski definition) is 4. The van der Waals surface area contributed by atoms with Crippen LogP contribution in [-0.2, 0) is 14.9 Å². The van der Waals surface area contributed by atoms with Gasteiger partial charge in [-0.15, -0.1) is 0 Å². The molecule has 1 aromatic heterocycles.